The summed E-state index contributed by atoms with van der Waals surface area (Å²) in [6, 6.07) is 15.8. The molecule has 1 nitrogen and oxygen atoms in total. The first-order valence-corrected chi connectivity index (χ1v) is 8.70. The van der Waals surface area contributed by atoms with Gasteiger partial charge in [-0.05, 0) is 58.6 Å². The van der Waals surface area contributed by atoms with Crippen LogP contribution in [-0.4, -0.2) is 0 Å². The number of hydrogen-bond donors (Lipinski definition) is 0. The third-order valence-electron chi connectivity index (χ3n) is 4.43. The topological polar surface area (TPSA) is 3.24 Å². The number of nitrogens with zero attached hydrogens (tertiary/aromatic N) is 1. The lowest BCUT2D eigenvalue weighted by Crippen LogP contribution is -2.12. The van der Waals surface area contributed by atoms with Crippen molar-refractivity contribution < 1.29 is 0 Å². The monoisotopic (exact) mass is 305 g/mol. The SMILES string of the molecule is C=C1c2cc(CCC)ccc2CN1c1ccc2sccc2c1. The van der Waals surface area contributed by atoms with Gasteiger partial charge in [0.2, 0.25) is 0 Å². The number of fused-ring (bicyclic) bond motifs is 2. The van der Waals surface area contributed by atoms with Gasteiger partial charge in [-0.15, -0.1) is 11.3 Å². The molecule has 2 aromatic carbocycles. The Morgan fingerprint density at radius 2 is 2.05 bits per heavy atom. The summed E-state index contributed by atoms with van der Waals surface area (Å²) in [4.78, 5) is 2.33. The Kier molecular flexibility index (Phi) is 3.27. The lowest BCUT2D eigenvalue weighted by molar-refractivity contribution is 0.920. The van der Waals surface area contributed by atoms with E-state index in [1.165, 1.54) is 38.9 Å². The molecule has 0 saturated carbocycles. The third-order valence-corrected chi connectivity index (χ3v) is 5.32. The molecule has 1 aliphatic heterocycles. The van der Waals surface area contributed by atoms with Crippen LogP contribution in [0.1, 0.15) is 30.0 Å². The van der Waals surface area contributed by atoms with Gasteiger partial charge in [0, 0.05) is 28.2 Å². The molecule has 1 aromatic heterocycles. The second kappa shape index (κ2) is 5.29. The van der Waals surface area contributed by atoms with Crippen molar-refractivity contribution in [2.75, 3.05) is 4.90 Å². The zero-order chi connectivity index (χ0) is 15.1. The number of thiophene rings is 1. The van der Waals surface area contributed by atoms with Crippen molar-refractivity contribution in [2.24, 2.45) is 0 Å². The lowest BCUT2D eigenvalue weighted by atomic mass is 10.0. The van der Waals surface area contributed by atoms with Crippen LogP contribution in [-0.2, 0) is 13.0 Å². The number of anilines is 1. The Morgan fingerprint density at radius 3 is 2.91 bits per heavy atom. The molecule has 22 heavy (non-hydrogen) atoms. The molecule has 0 amide bonds. The van der Waals surface area contributed by atoms with Crippen LogP contribution >= 0.6 is 11.3 Å². The van der Waals surface area contributed by atoms with Crippen molar-refractivity contribution in [1.29, 1.82) is 0 Å². The molecule has 0 saturated heterocycles. The summed E-state index contributed by atoms with van der Waals surface area (Å²) in [5.74, 6) is 0. The van der Waals surface area contributed by atoms with Gasteiger partial charge in [-0.1, -0.05) is 32.1 Å². The van der Waals surface area contributed by atoms with Gasteiger partial charge in [0.1, 0.15) is 0 Å². The van der Waals surface area contributed by atoms with Crippen molar-refractivity contribution in [3.05, 3.63) is 71.1 Å². The third kappa shape index (κ3) is 2.15. The van der Waals surface area contributed by atoms with Gasteiger partial charge < -0.3 is 4.90 Å². The highest BCUT2D eigenvalue weighted by Gasteiger charge is 2.23. The molecule has 0 unspecified atom stereocenters. The van der Waals surface area contributed by atoms with E-state index in [2.05, 4.69) is 66.2 Å². The first-order valence-electron chi connectivity index (χ1n) is 7.82. The second-order valence-electron chi connectivity index (χ2n) is 5.92. The van der Waals surface area contributed by atoms with E-state index < -0.39 is 0 Å². The predicted molar refractivity (Wildman–Crippen MR) is 97.5 cm³/mol. The fraction of sp³-hybridized carbons (Fsp3) is 0.200. The molecule has 0 fully saturated rings. The van der Waals surface area contributed by atoms with Gasteiger partial charge in [0.15, 0.2) is 0 Å². The van der Waals surface area contributed by atoms with Crippen LogP contribution in [0.5, 0.6) is 0 Å². The predicted octanol–water partition coefficient (Wildman–Crippen LogP) is 5.84. The average Bonchev–Trinajstić information content (AvgIpc) is 3.12. The first kappa shape index (κ1) is 13.6. The van der Waals surface area contributed by atoms with E-state index in [1.54, 1.807) is 11.3 Å². The maximum atomic E-state index is 4.35. The maximum Gasteiger partial charge on any atom is 0.0488 e. The van der Waals surface area contributed by atoms with Crippen molar-refractivity contribution in [3.63, 3.8) is 0 Å². The summed E-state index contributed by atoms with van der Waals surface area (Å²) in [5.41, 5.74) is 6.48. The summed E-state index contributed by atoms with van der Waals surface area (Å²) in [5, 5.41) is 3.47. The van der Waals surface area contributed by atoms with Crippen LogP contribution in [0, 0.1) is 0 Å². The van der Waals surface area contributed by atoms with E-state index in [9.17, 15) is 0 Å². The van der Waals surface area contributed by atoms with Crippen LogP contribution in [0.2, 0.25) is 0 Å². The average molecular weight is 305 g/mol. The standard InChI is InChI=1S/C20H19NS/c1-3-4-15-5-6-17-13-21(14(2)19(17)11-15)18-7-8-20-16(12-18)9-10-22-20/h5-12H,2-4,13H2,1H3. The van der Waals surface area contributed by atoms with E-state index >= 15 is 0 Å². The van der Waals surface area contributed by atoms with Crippen molar-refractivity contribution in [2.45, 2.75) is 26.3 Å². The van der Waals surface area contributed by atoms with Crippen molar-refractivity contribution in [1.82, 2.24) is 0 Å². The largest absolute Gasteiger partial charge is 0.337 e. The summed E-state index contributed by atoms with van der Waals surface area (Å²) < 4.78 is 1.34. The van der Waals surface area contributed by atoms with E-state index in [4.69, 9.17) is 0 Å². The molecule has 110 valence electrons. The van der Waals surface area contributed by atoms with Crippen LogP contribution in [0.25, 0.3) is 15.8 Å². The smallest absolute Gasteiger partial charge is 0.0488 e. The van der Waals surface area contributed by atoms with Crippen LogP contribution in [0.4, 0.5) is 5.69 Å². The molecule has 2 heterocycles. The Morgan fingerprint density at radius 1 is 1.14 bits per heavy atom. The van der Waals surface area contributed by atoms with Crippen LogP contribution in [0.3, 0.4) is 0 Å². The molecule has 0 bridgehead atoms. The molecule has 0 N–H and O–H groups in total. The molecule has 0 spiro atoms. The summed E-state index contributed by atoms with van der Waals surface area (Å²) in [6.07, 6.45) is 2.32. The molecular formula is C20H19NS. The summed E-state index contributed by atoms with van der Waals surface area (Å²) >= 11 is 1.79. The van der Waals surface area contributed by atoms with E-state index in [1.807, 2.05) is 0 Å². The Balaban J connectivity index is 1.71. The van der Waals surface area contributed by atoms with Gasteiger partial charge in [-0.25, -0.2) is 0 Å². The second-order valence-corrected chi connectivity index (χ2v) is 6.86. The highest BCUT2D eigenvalue weighted by molar-refractivity contribution is 7.17. The van der Waals surface area contributed by atoms with Crippen LogP contribution in [0.15, 0.2) is 54.4 Å². The summed E-state index contributed by atoms with van der Waals surface area (Å²) in [7, 11) is 0. The number of hydrogen-bond acceptors (Lipinski definition) is 2. The van der Waals surface area contributed by atoms with Gasteiger partial charge in [0.05, 0.1) is 0 Å². The molecule has 3 aromatic rings. The first-order chi connectivity index (χ1) is 10.8. The minimum Gasteiger partial charge on any atom is -0.337 e. The number of rotatable bonds is 3. The Hall–Kier alpha value is -2.06. The van der Waals surface area contributed by atoms with E-state index in [-0.39, 0.29) is 0 Å². The maximum absolute atomic E-state index is 4.35. The van der Waals surface area contributed by atoms with Gasteiger partial charge in [-0.2, -0.15) is 0 Å². The van der Waals surface area contributed by atoms with Gasteiger partial charge >= 0.3 is 0 Å². The molecule has 1 aliphatic rings. The quantitative estimate of drug-likeness (QED) is 0.587. The molecule has 0 atom stereocenters. The normalized spacial score (nSPS) is 13.9. The minimum atomic E-state index is 0.927. The molecule has 0 radical (unpaired) electrons. The molecule has 4 rings (SSSR count). The fourth-order valence-corrected chi connectivity index (χ4v) is 4.03. The van der Waals surface area contributed by atoms with Crippen molar-refractivity contribution >= 4 is 32.8 Å². The Labute approximate surface area is 135 Å². The van der Waals surface area contributed by atoms with Crippen LogP contribution < -0.4 is 4.90 Å². The van der Waals surface area contributed by atoms with E-state index in [0.29, 0.717) is 0 Å². The fourth-order valence-electron chi connectivity index (χ4n) is 3.25. The molecular weight excluding hydrogens is 286 g/mol. The zero-order valence-electron chi connectivity index (χ0n) is 12.8. The highest BCUT2D eigenvalue weighted by Crippen LogP contribution is 2.38. The molecule has 2 heteroatoms. The molecule has 0 aliphatic carbocycles. The summed E-state index contributed by atoms with van der Waals surface area (Å²) in [6.45, 7) is 7.50. The van der Waals surface area contributed by atoms with Gasteiger partial charge in [0.25, 0.3) is 0 Å². The number of benzene rings is 2. The lowest BCUT2D eigenvalue weighted by Gasteiger charge is -2.19. The zero-order valence-corrected chi connectivity index (χ0v) is 13.6. The van der Waals surface area contributed by atoms with Gasteiger partial charge in [-0.3, -0.25) is 0 Å². The minimum absolute atomic E-state index is 0.927. The number of aryl methyl sites for hydroxylation is 1. The van der Waals surface area contributed by atoms with E-state index in [0.717, 1.165) is 18.7 Å². The highest BCUT2D eigenvalue weighted by atomic mass is 32.1. The Bertz CT molecular complexity index is 859. The van der Waals surface area contributed by atoms with Crippen molar-refractivity contribution in [3.8, 4) is 0 Å².